The highest BCUT2D eigenvalue weighted by Crippen LogP contribution is 2.31. The van der Waals surface area contributed by atoms with Gasteiger partial charge in [0.2, 0.25) is 11.8 Å². The number of nitrogens with zero attached hydrogens (tertiary/aromatic N) is 2. The van der Waals surface area contributed by atoms with Crippen LogP contribution in [-0.2, 0) is 11.2 Å². The Hall–Kier alpha value is -2.80. The first-order chi connectivity index (χ1) is 13.1. The van der Waals surface area contributed by atoms with Gasteiger partial charge in [-0.25, -0.2) is 4.98 Å². The minimum Gasteiger partial charge on any atom is -0.486 e. The Morgan fingerprint density at radius 3 is 2.85 bits per heavy atom. The standard InChI is InChI=1S/C20H20N2O4S/c1-13-15(21-20(25-13)18-8-5-9-27-18)10-19(23)22(2)11-14-12-24-16-6-3-4-7-17(16)26-14/h3-9,14H,10-12H2,1-2H3/t14-/m0/s1. The lowest BCUT2D eigenvalue weighted by molar-refractivity contribution is -0.130. The van der Waals surface area contributed by atoms with Gasteiger partial charge >= 0.3 is 0 Å². The van der Waals surface area contributed by atoms with Gasteiger partial charge in [0.1, 0.15) is 12.4 Å². The number of aromatic nitrogens is 1. The molecule has 0 spiro atoms. The maximum absolute atomic E-state index is 12.6. The van der Waals surface area contributed by atoms with Crippen LogP contribution in [0.1, 0.15) is 11.5 Å². The molecular weight excluding hydrogens is 364 g/mol. The third-order valence-electron chi connectivity index (χ3n) is 4.41. The summed E-state index contributed by atoms with van der Waals surface area (Å²) in [5.74, 6) is 2.65. The predicted molar refractivity (Wildman–Crippen MR) is 102 cm³/mol. The van der Waals surface area contributed by atoms with E-state index in [1.807, 2.05) is 48.7 Å². The van der Waals surface area contributed by atoms with Crippen molar-refractivity contribution in [3.63, 3.8) is 0 Å². The number of carbonyl (C=O) groups excluding carboxylic acids is 1. The summed E-state index contributed by atoms with van der Waals surface area (Å²) in [6.07, 6.45) is -0.00425. The molecule has 3 heterocycles. The molecule has 0 aliphatic carbocycles. The second kappa shape index (κ2) is 7.44. The van der Waals surface area contributed by atoms with Gasteiger partial charge in [-0.05, 0) is 30.5 Å². The number of hydrogen-bond donors (Lipinski definition) is 0. The summed E-state index contributed by atoms with van der Waals surface area (Å²) in [4.78, 5) is 19.7. The van der Waals surface area contributed by atoms with Crippen molar-refractivity contribution in [1.82, 2.24) is 9.88 Å². The number of hydrogen-bond acceptors (Lipinski definition) is 6. The summed E-state index contributed by atoms with van der Waals surface area (Å²) in [6.45, 7) is 2.70. The Bertz CT molecular complexity index is 935. The zero-order chi connectivity index (χ0) is 18.8. The lowest BCUT2D eigenvalue weighted by Crippen LogP contribution is -2.42. The van der Waals surface area contributed by atoms with Gasteiger partial charge in [-0.15, -0.1) is 11.3 Å². The molecule has 1 aliphatic heterocycles. The van der Waals surface area contributed by atoms with Crippen molar-refractivity contribution in [2.75, 3.05) is 20.2 Å². The minimum absolute atomic E-state index is 0.0356. The first-order valence-corrected chi connectivity index (χ1v) is 9.61. The molecule has 4 rings (SSSR count). The van der Waals surface area contributed by atoms with Crippen molar-refractivity contribution in [2.24, 2.45) is 0 Å². The average Bonchev–Trinajstić information content (AvgIpc) is 3.32. The maximum Gasteiger partial charge on any atom is 0.236 e. The van der Waals surface area contributed by atoms with E-state index in [1.54, 1.807) is 23.3 Å². The molecule has 3 aromatic rings. The highest BCUT2D eigenvalue weighted by Gasteiger charge is 2.24. The third-order valence-corrected chi connectivity index (χ3v) is 5.27. The molecule has 7 heteroatoms. The number of aryl methyl sites for hydroxylation is 1. The van der Waals surface area contributed by atoms with Crippen molar-refractivity contribution < 1.29 is 18.7 Å². The highest BCUT2D eigenvalue weighted by molar-refractivity contribution is 7.13. The Morgan fingerprint density at radius 1 is 1.26 bits per heavy atom. The van der Waals surface area contributed by atoms with Crippen LogP contribution in [0.2, 0.25) is 0 Å². The van der Waals surface area contributed by atoms with Crippen LogP contribution < -0.4 is 9.47 Å². The molecular formula is C20H20N2O4S. The average molecular weight is 384 g/mol. The topological polar surface area (TPSA) is 64.8 Å². The van der Waals surface area contributed by atoms with Crippen LogP contribution in [0.25, 0.3) is 10.8 Å². The van der Waals surface area contributed by atoms with Gasteiger partial charge < -0.3 is 18.8 Å². The Morgan fingerprint density at radius 2 is 2.07 bits per heavy atom. The van der Waals surface area contributed by atoms with E-state index < -0.39 is 0 Å². The Kier molecular flexibility index (Phi) is 4.85. The van der Waals surface area contributed by atoms with Crippen molar-refractivity contribution in [3.05, 3.63) is 53.2 Å². The Labute approximate surface area is 161 Å². The van der Waals surface area contributed by atoms with Gasteiger partial charge in [0.15, 0.2) is 17.6 Å². The smallest absolute Gasteiger partial charge is 0.236 e. The molecule has 0 fully saturated rings. The number of amides is 1. The molecule has 0 saturated carbocycles. The third kappa shape index (κ3) is 3.83. The fourth-order valence-electron chi connectivity index (χ4n) is 2.94. The summed E-state index contributed by atoms with van der Waals surface area (Å²) >= 11 is 1.56. The van der Waals surface area contributed by atoms with Crippen molar-refractivity contribution in [2.45, 2.75) is 19.4 Å². The molecule has 0 bridgehead atoms. The van der Waals surface area contributed by atoms with Crippen molar-refractivity contribution in [3.8, 4) is 22.3 Å². The van der Waals surface area contributed by atoms with Gasteiger partial charge in [-0.2, -0.15) is 0 Å². The second-order valence-electron chi connectivity index (χ2n) is 6.45. The van der Waals surface area contributed by atoms with E-state index in [0.717, 1.165) is 10.6 Å². The zero-order valence-corrected chi connectivity index (χ0v) is 16.0. The molecule has 0 saturated heterocycles. The van der Waals surface area contributed by atoms with Crippen LogP contribution in [0.4, 0.5) is 0 Å². The van der Waals surface area contributed by atoms with Crippen LogP contribution in [0, 0.1) is 6.92 Å². The van der Waals surface area contributed by atoms with E-state index >= 15 is 0 Å². The summed E-state index contributed by atoms with van der Waals surface area (Å²) in [5, 5.41) is 1.97. The fourth-order valence-corrected chi connectivity index (χ4v) is 3.59. The van der Waals surface area contributed by atoms with E-state index in [0.29, 0.717) is 36.2 Å². The van der Waals surface area contributed by atoms with E-state index in [9.17, 15) is 4.79 Å². The molecule has 0 unspecified atom stereocenters. The van der Waals surface area contributed by atoms with E-state index in [2.05, 4.69) is 4.98 Å². The van der Waals surface area contributed by atoms with Crippen molar-refractivity contribution >= 4 is 17.2 Å². The maximum atomic E-state index is 12.6. The van der Waals surface area contributed by atoms with Crippen LogP contribution in [0.3, 0.4) is 0 Å². The minimum atomic E-state index is -0.200. The number of thiophene rings is 1. The predicted octanol–water partition coefficient (Wildman–Crippen LogP) is 3.55. The van der Waals surface area contributed by atoms with Gasteiger partial charge in [0, 0.05) is 7.05 Å². The van der Waals surface area contributed by atoms with E-state index in [4.69, 9.17) is 13.9 Å². The highest BCUT2D eigenvalue weighted by atomic mass is 32.1. The number of fused-ring (bicyclic) bond motifs is 1. The van der Waals surface area contributed by atoms with Crippen molar-refractivity contribution in [1.29, 1.82) is 0 Å². The molecule has 6 nitrogen and oxygen atoms in total. The molecule has 1 atom stereocenters. The first kappa shape index (κ1) is 17.6. The molecule has 2 aromatic heterocycles. The second-order valence-corrected chi connectivity index (χ2v) is 7.40. The zero-order valence-electron chi connectivity index (χ0n) is 15.2. The van der Waals surface area contributed by atoms with E-state index in [-0.39, 0.29) is 18.4 Å². The molecule has 1 aliphatic rings. The SMILES string of the molecule is Cc1oc(-c2cccs2)nc1CC(=O)N(C)C[C@H]1COc2ccccc2O1. The van der Waals surface area contributed by atoms with E-state index in [1.165, 1.54) is 0 Å². The van der Waals surface area contributed by atoms with Gasteiger partial charge in [0.25, 0.3) is 0 Å². The van der Waals surface area contributed by atoms with Crippen LogP contribution >= 0.6 is 11.3 Å². The lowest BCUT2D eigenvalue weighted by atomic mass is 10.2. The lowest BCUT2D eigenvalue weighted by Gasteiger charge is -2.29. The molecule has 0 N–H and O–H groups in total. The number of carbonyl (C=O) groups is 1. The molecule has 1 amide bonds. The largest absolute Gasteiger partial charge is 0.486 e. The van der Waals surface area contributed by atoms with Crippen LogP contribution in [0.5, 0.6) is 11.5 Å². The quantitative estimate of drug-likeness (QED) is 0.673. The number of para-hydroxylation sites is 2. The number of oxazole rings is 1. The molecule has 1 aromatic carbocycles. The van der Waals surface area contributed by atoms with Crippen LogP contribution in [0.15, 0.2) is 46.2 Å². The molecule has 0 radical (unpaired) electrons. The van der Waals surface area contributed by atoms with Gasteiger partial charge in [-0.3, -0.25) is 4.79 Å². The summed E-state index contributed by atoms with van der Waals surface area (Å²) < 4.78 is 17.4. The summed E-state index contributed by atoms with van der Waals surface area (Å²) in [7, 11) is 1.77. The van der Waals surface area contributed by atoms with Gasteiger partial charge in [0.05, 0.1) is 23.5 Å². The normalized spacial score (nSPS) is 15.6. The number of rotatable bonds is 5. The molecule has 140 valence electrons. The number of likely N-dealkylation sites (N-methyl/N-ethyl adjacent to an activating group) is 1. The number of ether oxygens (including phenoxy) is 2. The monoisotopic (exact) mass is 384 g/mol. The summed E-state index contributed by atoms with van der Waals surface area (Å²) in [6, 6.07) is 11.4. The van der Waals surface area contributed by atoms with Crippen LogP contribution in [-0.4, -0.2) is 42.1 Å². The molecule has 27 heavy (non-hydrogen) atoms. The summed E-state index contributed by atoms with van der Waals surface area (Å²) in [5.41, 5.74) is 0.668. The van der Waals surface area contributed by atoms with Gasteiger partial charge in [-0.1, -0.05) is 18.2 Å². The fraction of sp³-hybridized carbons (Fsp3) is 0.300. The Balaban J connectivity index is 1.37. The number of benzene rings is 1. The first-order valence-electron chi connectivity index (χ1n) is 8.73.